The van der Waals surface area contributed by atoms with E-state index in [9.17, 15) is 9.59 Å². The van der Waals surface area contributed by atoms with Crippen LogP contribution in [0.2, 0.25) is 0 Å². The van der Waals surface area contributed by atoms with Crippen molar-refractivity contribution in [2.24, 2.45) is 10.8 Å². The molecule has 0 N–H and O–H groups in total. The standard InChI is InChI=1S/C14H22O4/c1-7-11(15)17-9-13(3,4)14(5,6)10-18-12(16)8-2/h7-8H,1-2,9-10H2,3-6H3. The van der Waals surface area contributed by atoms with Gasteiger partial charge in [0, 0.05) is 23.0 Å². The van der Waals surface area contributed by atoms with Gasteiger partial charge in [0.15, 0.2) is 0 Å². The Labute approximate surface area is 109 Å². The lowest BCUT2D eigenvalue weighted by Gasteiger charge is -2.40. The summed E-state index contributed by atoms with van der Waals surface area (Å²) in [6, 6.07) is 0. The van der Waals surface area contributed by atoms with E-state index >= 15 is 0 Å². The van der Waals surface area contributed by atoms with Gasteiger partial charge in [0.25, 0.3) is 0 Å². The Morgan fingerprint density at radius 3 is 1.39 bits per heavy atom. The molecule has 0 radical (unpaired) electrons. The maximum atomic E-state index is 11.1. The molecule has 4 heteroatoms. The Kier molecular flexibility index (Phi) is 5.82. The van der Waals surface area contributed by atoms with Gasteiger partial charge >= 0.3 is 11.9 Å². The molecule has 0 unspecified atom stereocenters. The molecule has 0 atom stereocenters. The smallest absolute Gasteiger partial charge is 0.330 e. The predicted molar refractivity (Wildman–Crippen MR) is 69.9 cm³/mol. The van der Waals surface area contributed by atoms with Gasteiger partial charge in [-0.25, -0.2) is 9.59 Å². The molecule has 0 aromatic heterocycles. The fourth-order valence-corrected chi connectivity index (χ4v) is 1.01. The monoisotopic (exact) mass is 254 g/mol. The topological polar surface area (TPSA) is 52.6 Å². The molecule has 18 heavy (non-hydrogen) atoms. The van der Waals surface area contributed by atoms with Crippen LogP contribution in [-0.2, 0) is 19.1 Å². The van der Waals surface area contributed by atoms with Crippen molar-refractivity contribution in [2.75, 3.05) is 13.2 Å². The van der Waals surface area contributed by atoms with E-state index in [1.165, 1.54) is 0 Å². The van der Waals surface area contributed by atoms with Crippen molar-refractivity contribution in [3.8, 4) is 0 Å². The molecule has 102 valence electrons. The molecule has 0 saturated carbocycles. The van der Waals surface area contributed by atoms with Crippen LogP contribution in [0.25, 0.3) is 0 Å². The number of rotatable bonds is 7. The van der Waals surface area contributed by atoms with Crippen LogP contribution in [0, 0.1) is 10.8 Å². The van der Waals surface area contributed by atoms with Crippen LogP contribution in [0.5, 0.6) is 0 Å². The maximum absolute atomic E-state index is 11.1. The Balaban J connectivity index is 4.53. The summed E-state index contributed by atoms with van der Waals surface area (Å²) in [4.78, 5) is 22.1. The third-order valence-electron chi connectivity index (χ3n) is 3.32. The Morgan fingerprint density at radius 2 is 1.17 bits per heavy atom. The minimum atomic E-state index is -0.457. The van der Waals surface area contributed by atoms with Gasteiger partial charge in [-0.3, -0.25) is 0 Å². The Hall–Kier alpha value is -1.58. The largest absolute Gasteiger partial charge is 0.462 e. The van der Waals surface area contributed by atoms with E-state index in [1.807, 2.05) is 27.7 Å². The molecular formula is C14H22O4. The number of carbonyl (C=O) groups excluding carboxylic acids is 2. The van der Waals surface area contributed by atoms with Crippen LogP contribution in [0.4, 0.5) is 0 Å². The summed E-state index contributed by atoms with van der Waals surface area (Å²) in [5, 5.41) is 0. The first-order valence-corrected chi connectivity index (χ1v) is 5.74. The van der Waals surface area contributed by atoms with Crippen molar-refractivity contribution in [1.29, 1.82) is 0 Å². The number of ether oxygens (including phenoxy) is 2. The van der Waals surface area contributed by atoms with Gasteiger partial charge in [-0.05, 0) is 0 Å². The lowest BCUT2D eigenvalue weighted by atomic mass is 9.69. The summed E-state index contributed by atoms with van der Waals surface area (Å²) in [5.41, 5.74) is -0.680. The number of carbonyl (C=O) groups is 2. The summed E-state index contributed by atoms with van der Waals surface area (Å²) in [6.07, 6.45) is 2.25. The quantitative estimate of drug-likeness (QED) is 0.517. The molecule has 0 saturated heterocycles. The van der Waals surface area contributed by atoms with E-state index in [0.717, 1.165) is 12.2 Å². The van der Waals surface area contributed by atoms with Crippen LogP contribution in [0.1, 0.15) is 27.7 Å². The van der Waals surface area contributed by atoms with E-state index in [2.05, 4.69) is 13.2 Å². The van der Waals surface area contributed by atoms with Crippen LogP contribution < -0.4 is 0 Å². The van der Waals surface area contributed by atoms with Gasteiger partial charge in [-0.1, -0.05) is 40.9 Å². The van der Waals surface area contributed by atoms with Gasteiger partial charge in [0.1, 0.15) is 0 Å². The molecule has 0 aliphatic carbocycles. The minimum absolute atomic E-state index is 0.233. The van der Waals surface area contributed by atoms with Crippen LogP contribution >= 0.6 is 0 Å². The van der Waals surface area contributed by atoms with Gasteiger partial charge in [0.05, 0.1) is 13.2 Å². The highest BCUT2D eigenvalue weighted by molar-refractivity contribution is 5.81. The molecule has 0 aliphatic heterocycles. The second-order valence-corrected chi connectivity index (χ2v) is 5.39. The predicted octanol–water partition coefficient (Wildman–Crippen LogP) is 2.50. The van der Waals surface area contributed by atoms with Crippen molar-refractivity contribution in [3.05, 3.63) is 25.3 Å². The van der Waals surface area contributed by atoms with E-state index in [1.54, 1.807) is 0 Å². The summed E-state index contributed by atoms with van der Waals surface area (Å²) in [6.45, 7) is 14.9. The normalized spacial score (nSPS) is 11.6. The SMILES string of the molecule is C=CC(=O)OCC(C)(C)C(C)(C)COC(=O)C=C. The number of hydrogen-bond acceptors (Lipinski definition) is 4. The second-order valence-electron chi connectivity index (χ2n) is 5.39. The summed E-state index contributed by atoms with van der Waals surface area (Å²) < 4.78 is 10.1. The van der Waals surface area contributed by atoms with Crippen LogP contribution in [0.3, 0.4) is 0 Å². The molecule has 0 bridgehead atoms. The first-order chi connectivity index (χ1) is 8.16. The number of esters is 2. The minimum Gasteiger partial charge on any atom is -0.462 e. The van der Waals surface area contributed by atoms with Gasteiger partial charge in [0.2, 0.25) is 0 Å². The fourth-order valence-electron chi connectivity index (χ4n) is 1.01. The lowest BCUT2D eigenvalue weighted by Crippen LogP contribution is -2.41. The van der Waals surface area contributed by atoms with Crippen molar-refractivity contribution in [1.82, 2.24) is 0 Å². The Morgan fingerprint density at radius 1 is 0.889 bits per heavy atom. The van der Waals surface area contributed by atoms with E-state index in [-0.39, 0.29) is 24.0 Å². The molecule has 0 heterocycles. The zero-order valence-corrected chi connectivity index (χ0v) is 11.6. The average molecular weight is 254 g/mol. The second kappa shape index (κ2) is 6.38. The molecule has 0 aromatic rings. The zero-order chi connectivity index (χ0) is 14.4. The highest BCUT2D eigenvalue weighted by Crippen LogP contribution is 2.39. The molecule has 0 amide bonds. The highest BCUT2D eigenvalue weighted by atomic mass is 16.5. The van der Waals surface area contributed by atoms with Crippen molar-refractivity contribution < 1.29 is 19.1 Å². The van der Waals surface area contributed by atoms with Gasteiger partial charge in [-0.2, -0.15) is 0 Å². The first-order valence-electron chi connectivity index (χ1n) is 5.74. The molecule has 0 spiro atoms. The average Bonchev–Trinajstić information content (AvgIpc) is 2.32. The first kappa shape index (κ1) is 16.4. The zero-order valence-electron chi connectivity index (χ0n) is 11.6. The molecular weight excluding hydrogens is 232 g/mol. The molecule has 0 aliphatic rings. The van der Waals surface area contributed by atoms with Crippen molar-refractivity contribution in [2.45, 2.75) is 27.7 Å². The molecule has 0 rings (SSSR count). The molecule has 0 fully saturated rings. The third kappa shape index (κ3) is 4.73. The molecule has 0 aromatic carbocycles. The summed E-state index contributed by atoms with van der Waals surface area (Å²) >= 11 is 0. The highest BCUT2D eigenvalue weighted by Gasteiger charge is 2.39. The van der Waals surface area contributed by atoms with Gasteiger partial charge < -0.3 is 9.47 Å². The van der Waals surface area contributed by atoms with E-state index < -0.39 is 11.9 Å². The fraction of sp³-hybridized carbons (Fsp3) is 0.571. The maximum Gasteiger partial charge on any atom is 0.330 e. The summed E-state index contributed by atoms with van der Waals surface area (Å²) in [5.74, 6) is -0.913. The molecule has 4 nitrogen and oxygen atoms in total. The van der Waals surface area contributed by atoms with E-state index in [0.29, 0.717) is 0 Å². The Bertz CT molecular complexity index is 306. The van der Waals surface area contributed by atoms with Crippen LogP contribution in [0.15, 0.2) is 25.3 Å². The third-order valence-corrected chi connectivity index (χ3v) is 3.32. The van der Waals surface area contributed by atoms with Crippen molar-refractivity contribution >= 4 is 11.9 Å². The lowest BCUT2D eigenvalue weighted by molar-refractivity contribution is -0.151. The van der Waals surface area contributed by atoms with Crippen LogP contribution in [-0.4, -0.2) is 25.2 Å². The van der Waals surface area contributed by atoms with E-state index in [4.69, 9.17) is 9.47 Å². The summed E-state index contributed by atoms with van der Waals surface area (Å²) in [7, 11) is 0. The van der Waals surface area contributed by atoms with Crippen molar-refractivity contribution in [3.63, 3.8) is 0 Å². The van der Waals surface area contributed by atoms with Gasteiger partial charge in [-0.15, -0.1) is 0 Å². The number of hydrogen-bond donors (Lipinski definition) is 0.